The third-order valence-electron chi connectivity index (χ3n) is 2.21. The minimum atomic E-state index is -0.662. The van der Waals surface area contributed by atoms with Crippen molar-refractivity contribution in [3.63, 3.8) is 0 Å². The van der Waals surface area contributed by atoms with Crippen molar-refractivity contribution in [3.8, 4) is 11.6 Å². The van der Waals surface area contributed by atoms with Gasteiger partial charge in [-0.1, -0.05) is 0 Å². The molecule has 0 aliphatic carbocycles. The zero-order chi connectivity index (χ0) is 14.0. The molecule has 0 unspecified atom stereocenters. The van der Waals surface area contributed by atoms with Gasteiger partial charge in [0, 0.05) is 0 Å². The van der Waals surface area contributed by atoms with E-state index in [1.165, 1.54) is 19.1 Å². The number of ether oxygens (including phenoxy) is 1. The van der Waals surface area contributed by atoms with Gasteiger partial charge in [-0.15, -0.1) is 0 Å². The van der Waals surface area contributed by atoms with Crippen molar-refractivity contribution >= 4 is 17.3 Å². The average Bonchev–Trinajstić information content (AvgIpc) is 2.30. The van der Waals surface area contributed by atoms with E-state index in [9.17, 15) is 14.5 Å². The van der Waals surface area contributed by atoms with E-state index in [0.29, 0.717) is 0 Å². The first-order valence-electron chi connectivity index (χ1n) is 5.09. The van der Waals surface area contributed by atoms with Gasteiger partial charge in [0.25, 0.3) is 0 Å². The van der Waals surface area contributed by atoms with Gasteiger partial charge >= 0.3 is 11.6 Å². The smallest absolute Gasteiger partial charge is 0.352 e. The van der Waals surface area contributed by atoms with Gasteiger partial charge < -0.3 is 4.74 Å². The first-order valence-corrected chi connectivity index (χ1v) is 5.47. The Morgan fingerprint density at radius 3 is 2.53 bits per heavy atom. The Balaban J connectivity index is 2.44. The summed E-state index contributed by atoms with van der Waals surface area (Å²) in [6, 6.07) is 4.97. The fourth-order valence-corrected chi connectivity index (χ4v) is 1.61. The fraction of sp³-hybridized carbons (Fsp3) is 0.0909. The lowest BCUT2D eigenvalue weighted by Crippen LogP contribution is -2.01. The van der Waals surface area contributed by atoms with Gasteiger partial charge in [-0.3, -0.25) is 10.1 Å². The molecule has 0 amide bonds. The molecule has 0 saturated carbocycles. The first-order chi connectivity index (χ1) is 8.97. The molecular formula is C11H7ClFN3O3. The Labute approximate surface area is 112 Å². The van der Waals surface area contributed by atoms with Crippen LogP contribution < -0.4 is 4.74 Å². The van der Waals surface area contributed by atoms with Crippen LogP contribution in [0.4, 0.5) is 10.1 Å². The lowest BCUT2D eigenvalue weighted by atomic mass is 10.3. The van der Waals surface area contributed by atoms with Crippen LogP contribution in [0, 0.1) is 22.9 Å². The predicted molar refractivity (Wildman–Crippen MR) is 64.9 cm³/mol. The summed E-state index contributed by atoms with van der Waals surface area (Å²) >= 11 is 5.63. The highest BCUT2D eigenvalue weighted by atomic mass is 35.5. The van der Waals surface area contributed by atoms with Crippen LogP contribution in [0.2, 0.25) is 5.28 Å². The average molecular weight is 284 g/mol. The van der Waals surface area contributed by atoms with Crippen molar-refractivity contribution in [2.45, 2.75) is 6.92 Å². The normalized spacial score (nSPS) is 10.3. The molecule has 0 saturated heterocycles. The van der Waals surface area contributed by atoms with Crippen molar-refractivity contribution in [2.75, 3.05) is 0 Å². The van der Waals surface area contributed by atoms with Crippen molar-refractivity contribution in [3.05, 3.63) is 51.2 Å². The lowest BCUT2D eigenvalue weighted by Gasteiger charge is -2.06. The minimum Gasteiger partial charge on any atom is -0.434 e. The van der Waals surface area contributed by atoms with Gasteiger partial charge in [0.1, 0.15) is 17.3 Å². The number of halogens is 2. The number of nitrogens with zero attached hydrogens (tertiary/aromatic N) is 3. The third kappa shape index (κ3) is 2.94. The Morgan fingerprint density at radius 1 is 1.32 bits per heavy atom. The summed E-state index contributed by atoms with van der Waals surface area (Å²) in [6.07, 6.45) is 0. The van der Waals surface area contributed by atoms with Gasteiger partial charge in [0.05, 0.1) is 4.92 Å². The van der Waals surface area contributed by atoms with Crippen LogP contribution in [0.1, 0.15) is 5.69 Å². The molecule has 19 heavy (non-hydrogen) atoms. The lowest BCUT2D eigenvalue weighted by molar-refractivity contribution is -0.386. The van der Waals surface area contributed by atoms with E-state index in [0.717, 1.165) is 12.1 Å². The quantitative estimate of drug-likeness (QED) is 0.491. The van der Waals surface area contributed by atoms with E-state index in [1.807, 2.05) is 0 Å². The number of hydrogen-bond donors (Lipinski definition) is 0. The van der Waals surface area contributed by atoms with Gasteiger partial charge in [0.15, 0.2) is 0 Å². The predicted octanol–water partition coefficient (Wildman–Crippen LogP) is 3.28. The Bertz CT molecular complexity index is 634. The summed E-state index contributed by atoms with van der Waals surface area (Å²) in [5.74, 6) is -0.522. The van der Waals surface area contributed by atoms with Crippen LogP contribution in [-0.4, -0.2) is 14.9 Å². The first kappa shape index (κ1) is 13.2. The molecule has 8 heteroatoms. The monoisotopic (exact) mass is 283 g/mol. The summed E-state index contributed by atoms with van der Waals surface area (Å²) in [4.78, 5) is 17.6. The molecule has 0 spiro atoms. The number of nitro groups is 1. The highest BCUT2D eigenvalue weighted by Gasteiger charge is 2.23. The highest BCUT2D eigenvalue weighted by molar-refractivity contribution is 6.28. The van der Waals surface area contributed by atoms with E-state index in [2.05, 4.69) is 9.97 Å². The third-order valence-corrected chi connectivity index (χ3v) is 2.38. The zero-order valence-corrected chi connectivity index (χ0v) is 10.4. The molecule has 1 aromatic carbocycles. The Morgan fingerprint density at radius 2 is 1.95 bits per heavy atom. The van der Waals surface area contributed by atoms with E-state index in [-0.39, 0.29) is 28.3 Å². The van der Waals surface area contributed by atoms with Gasteiger partial charge in [-0.25, -0.2) is 9.37 Å². The van der Waals surface area contributed by atoms with Crippen molar-refractivity contribution in [1.29, 1.82) is 0 Å². The molecule has 98 valence electrons. The molecule has 0 aliphatic heterocycles. The topological polar surface area (TPSA) is 78.2 Å². The number of aryl methyl sites for hydroxylation is 1. The van der Waals surface area contributed by atoms with Gasteiger partial charge in [-0.2, -0.15) is 4.98 Å². The van der Waals surface area contributed by atoms with Crippen LogP contribution in [0.25, 0.3) is 0 Å². The van der Waals surface area contributed by atoms with Crippen molar-refractivity contribution in [1.82, 2.24) is 9.97 Å². The summed E-state index contributed by atoms with van der Waals surface area (Å²) in [5, 5.41) is 10.8. The standard InChI is InChI=1S/C11H7ClFN3O3/c1-6-9(16(17)18)10(15-11(12)14-6)19-8-4-2-7(13)3-5-8/h2-5H,1H3. The second-order valence-corrected chi connectivity index (χ2v) is 3.88. The fourth-order valence-electron chi connectivity index (χ4n) is 1.40. The van der Waals surface area contributed by atoms with Gasteiger partial charge in [0.2, 0.25) is 5.28 Å². The van der Waals surface area contributed by atoms with E-state index < -0.39 is 10.7 Å². The summed E-state index contributed by atoms with van der Waals surface area (Å²) in [5.41, 5.74) is -0.296. The number of hydrogen-bond acceptors (Lipinski definition) is 5. The molecule has 0 aliphatic rings. The van der Waals surface area contributed by atoms with Crippen LogP contribution in [0.3, 0.4) is 0 Å². The van der Waals surface area contributed by atoms with E-state index in [4.69, 9.17) is 16.3 Å². The SMILES string of the molecule is Cc1nc(Cl)nc(Oc2ccc(F)cc2)c1[N+](=O)[O-]. The van der Waals surface area contributed by atoms with Crippen LogP contribution in [0.15, 0.2) is 24.3 Å². The Kier molecular flexibility index (Phi) is 3.57. The van der Waals surface area contributed by atoms with Crippen LogP contribution >= 0.6 is 11.6 Å². The highest BCUT2D eigenvalue weighted by Crippen LogP contribution is 2.32. The molecule has 1 aromatic heterocycles. The molecule has 2 rings (SSSR count). The summed E-state index contributed by atoms with van der Waals surface area (Å²) < 4.78 is 18.0. The molecule has 0 fully saturated rings. The maximum absolute atomic E-state index is 12.8. The second-order valence-electron chi connectivity index (χ2n) is 3.54. The maximum atomic E-state index is 12.8. The van der Waals surface area contributed by atoms with Crippen LogP contribution in [0.5, 0.6) is 11.6 Å². The Hall–Kier alpha value is -2.28. The van der Waals surface area contributed by atoms with E-state index in [1.54, 1.807) is 0 Å². The molecule has 0 bridgehead atoms. The number of rotatable bonds is 3. The molecule has 0 N–H and O–H groups in total. The second kappa shape index (κ2) is 5.15. The van der Waals surface area contributed by atoms with Crippen molar-refractivity contribution < 1.29 is 14.1 Å². The summed E-state index contributed by atoms with van der Waals surface area (Å²) in [6.45, 7) is 1.42. The molecule has 2 aromatic rings. The molecule has 6 nitrogen and oxygen atoms in total. The molecule has 0 radical (unpaired) electrons. The van der Waals surface area contributed by atoms with Crippen LogP contribution in [-0.2, 0) is 0 Å². The molecular weight excluding hydrogens is 277 g/mol. The minimum absolute atomic E-state index is 0.0853. The summed E-state index contributed by atoms with van der Waals surface area (Å²) in [7, 11) is 0. The van der Waals surface area contributed by atoms with Gasteiger partial charge in [-0.05, 0) is 42.8 Å². The number of aromatic nitrogens is 2. The molecule has 1 heterocycles. The number of benzene rings is 1. The largest absolute Gasteiger partial charge is 0.434 e. The molecule has 0 atom stereocenters. The van der Waals surface area contributed by atoms with E-state index >= 15 is 0 Å². The zero-order valence-electron chi connectivity index (χ0n) is 9.63. The van der Waals surface area contributed by atoms with Crippen molar-refractivity contribution in [2.24, 2.45) is 0 Å². The maximum Gasteiger partial charge on any atom is 0.352 e.